The van der Waals surface area contributed by atoms with Crippen molar-refractivity contribution in [1.82, 2.24) is 30.4 Å². The number of amides is 1. The zero-order chi connectivity index (χ0) is 26.6. The van der Waals surface area contributed by atoms with Crippen LogP contribution in [0.1, 0.15) is 52.0 Å². The van der Waals surface area contributed by atoms with Gasteiger partial charge in [-0.25, -0.2) is 0 Å². The van der Waals surface area contributed by atoms with Gasteiger partial charge in [-0.3, -0.25) is 9.69 Å². The van der Waals surface area contributed by atoms with E-state index in [-0.39, 0.29) is 37.7 Å². The lowest BCUT2D eigenvalue weighted by Crippen LogP contribution is -2.36. The van der Waals surface area contributed by atoms with Crippen molar-refractivity contribution in [3.8, 4) is 22.5 Å². The maximum atomic E-state index is 14.2. The summed E-state index contributed by atoms with van der Waals surface area (Å²) in [5.74, 6) is 0.226. The predicted molar refractivity (Wildman–Crippen MR) is 134 cm³/mol. The molecule has 196 valence electrons. The van der Waals surface area contributed by atoms with E-state index in [4.69, 9.17) is 0 Å². The molecule has 1 aromatic heterocycles. The van der Waals surface area contributed by atoms with Gasteiger partial charge in [0.1, 0.15) is 5.70 Å². The van der Waals surface area contributed by atoms with E-state index in [1.807, 2.05) is 62.4 Å². The Morgan fingerprint density at radius 2 is 1.78 bits per heavy atom. The molecule has 0 saturated carbocycles. The first-order valence-electron chi connectivity index (χ1n) is 12.5. The van der Waals surface area contributed by atoms with Gasteiger partial charge in [0, 0.05) is 24.2 Å². The quantitative estimate of drug-likeness (QED) is 0.372. The number of allylic oxidation sites excluding steroid dienone is 2. The number of tetrazole rings is 1. The van der Waals surface area contributed by atoms with Gasteiger partial charge in [-0.2, -0.15) is 18.4 Å². The van der Waals surface area contributed by atoms with Gasteiger partial charge in [-0.05, 0) is 47.1 Å². The van der Waals surface area contributed by atoms with E-state index in [1.54, 1.807) is 11.8 Å². The Labute approximate surface area is 214 Å². The molecule has 1 aliphatic heterocycles. The minimum atomic E-state index is -4.60. The van der Waals surface area contributed by atoms with Crippen molar-refractivity contribution >= 4 is 5.91 Å². The smallest absolute Gasteiger partial charge is 0.351 e. The van der Waals surface area contributed by atoms with Crippen molar-refractivity contribution in [2.45, 2.75) is 59.2 Å². The summed E-state index contributed by atoms with van der Waals surface area (Å²) in [7, 11) is 0. The first-order chi connectivity index (χ1) is 17.7. The van der Waals surface area contributed by atoms with Gasteiger partial charge in [0.25, 0.3) is 0 Å². The van der Waals surface area contributed by atoms with Crippen molar-refractivity contribution in [3.63, 3.8) is 0 Å². The fourth-order valence-corrected chi connectivity index (χ4v) is 4.56. The summed E-state index contributed by atoms with van der Waals surface area (Å²) < 4.78 is 42.6. The molecular formula is C27H31F3N6O. The van der Waals surface area contributed by atoms with Crippen LogP contribution < -0.4 is 0 Å². The van der Waals surface area contributed by atoms with Crippen LogP contribution in [0.2, 0.25) is 0 Å². The molecule has 10 heteroatoms. The highest BCUT2D eigenvalue weighted by atomic mass is 19.4. The number of aromatic amines is 1. The maximum Gasteiger partial charge on any atom is 0.433 e. The van der Waals surface area contributed by atoms with Gasteiger partial charge in [0.2, 0.25) is 11.7 Å². The summed E-state index contributed by atoms with van der Waals surface area (Å²) in [5.41, 5.74) is 2.91. The number of aromatic nitrogens is 4. The average molecular weight is 513 g/mol. The van der Waals surface area contributed by atoms with Gasteiger partial charge < -0.3 is 4.90 Å². The van der Waals surface area contributed by atoms with Gasteiger partial charge in [-0.1, -0.05) is 69.3 Å². The third-order valence-electron chi connectivity index (χ3n) is 6.38. The number of hydrogen-bond acceptors (Lipinski definition) is 5. The summed E-state index contributed by atoms with van der Waals surface area (Å²) in [5, 5.41) is 14.2. The molecule has 0 fully saturated rings. The summed E-state index contributed by atoms with van der Waals surface area (Å²) in [6.45, 7) is 5.94. The molecule has 0 bridgehead atoms. The third kappa shape index (κ3) is 6.00. The minimum absolute atomic E-state index is 0.0827. The molecule has 1 aliphatic rings. The van der Waals surface area contributed by atoms with Crippen LogP contribution in [0.25, 0.3) is 22.5 Å². The summed E-state index contributed by atoms with van der Waals surface area (Å²) >= 11 is 0. The molecule has 3 aromatic rings. The molecular weight excluding hydrogens is 481 g/mol. The number of H-pyrrole nitrogens is 1. The van der Waals surface area contributed by atoms with Crippen LogP contribution in [0.5, 0.6) is 0 Å². The van der Waals surface area contributed by atoms with Crippen LogP contribution >= 0.6 is 0 Å². The molecule has 37 heavy (non-hydrogen) atoms. The van der Waals surface area contributed by atoms with Crippen molar-refractivity contribution in [3.05, 3.63) is 65.5 Å². The zero-order valence-electron chi connectivity index (χ0n) is 21.2. The number of hydrogen-bond donors (Lipinski definition) is 1. The maximum absolute atomic E-state index is 14.2. The van der Waals surface area contributed by atoms with Crippen LogP contribution in [0.15, 0.2) is 59.9 Å². The lowest BCUT2D eigenvalue weighted by Gasteiger charge is -2.24. The lowest BCUT2D eigenvalue weighted by atomic mass is 9.98. The third-order valence-corrected chi connectivity index (χ3v) is 6.38. The van der Waals surface area contributed by atoms with Crippen molar-refractivity contribution in [2.75, 3.05) is 6.67 Å². The summed E-state index contributed by atoms with van der Waals surface area (Å²) in [6, 6.07) is 15.4. The van der Waals surface area contributed by atoms with Crippen LogP contribution in [0, 0.1) is 5.92 Å². The zero-order valence-corrected chi connectivity index (χ0v) is 21.2. The fraction of sp³-hybridized carbons (Fsp3) is 0.407. The summed E-state index contributed by atoms with van der Waals surface area (Å²) in [4.78, 5) is 15.3. The first-order valence-corrected chi connectivity index (χ1v) is 12.5. The molecule has 0 saturated heterocycles. The Balaban J connectivity index is 1.62. The van der Waals surface area contributed by atoms with Gasteiger partial charge >= 0.3 is 6.18 Å². The SMILES string of the molecule is CCCC(=O)N1CN(Cc2ccc(-c3ccccc3-c3nn[nH]n3)cc2)C(CCC(C)C)=C1C(F)(F)F. The number of halogens is 3. The Kier molecular flexibility index (Phi) is 7.94. The molecule has 1 amide bonds. The van der Waals surface area contributed by atoms with E-state index in [2.05, 4.69) is 20.6 Å². The topological polar surface area (TPSA) is 78.0 Å². The van der Waals surface area contributed by atoms with Gasteiger partial charge in [0.05, 0.1) is 6.67 Å². The number of nitrogens with zero attached hydrogens (tertiary/aromatic N) is 5. The number of rotatable bonds is 9. The van der Waals surface area contributed by atoms with E-state index in [0.29, 0.717) is 18.7 Å². The number of carbonyl (C=O) groups is 1. The number of nitrogens with one attached hydrogen (secondary N) is 1. The molecule has 0 aliphatic carbocycles. The predicted octanol–water partition coefficient (Wildman–Crippen LogP) is 6.15. The largest absolute Gasteiger partial charge is 0.433 e. The highest BCUT2D eigenvalue weighted by molar-refractivity contribution is 5.80. The molecule has 2 heterocycles. The Morgan fingerprint density at radius 3 is 2.38 bits per heavy atom. The minimum Gasteiger partial charge on any atom is -0.351 e. The van der Waals surface area contributed by atoms with Gasteiger partial charge in [0.15, 0.2) is 0 Å². The van der Waals surface area contributed by atoms with Crippen molar-refractivity contribution in [1.29, 1.82) is 0 Å². The van der Waals surface area contributed by atoms with E-state index >= 15 is 0 Å². The standard InChI is InChI=1S/C27H31F3N6O/c1-4-7-24(37)36-17-35(23(15-10-18(2)3)25(36)27(28,29)30)16-19-11-13-20(14-12-19)21-8-5-6-9-22(21)26-31-33-34-32-26/h5-6,8-9,11-14,18H,4,7,10,15-17H2,1-3H3,(H,31,32,33,34). The molecule has 0 atom stereocenters. The Hall–Kier alpha value is -3.69. The fourth-order valence-electron chi connectivity index (χ4n) is 4.56. The molecule has 0 radical (unpaired) electrons. The first kappa shape index (κ1) is 26.4. The lowest BCUT2D eigenvalue weighted by molar-refractivity contribution is -0.141. The number of benzene rings is 2. The molecule has 0 unspecified atom stereocenters. The molecule has 4 rings (SSSR count). The van der Waals surface area contributed by atoms with E-state index in [9.17, 15) is 18.0 Å². The number of alkyl halides is 3. The highest BCUT2D eigenvalue weighted by Crippen LogP contribution is 2.40. The second-order valence-corrected chi connectivity index (χ2v) is 9.61. The summed E-state index contributed by atoms with van der Waals surface area (Å²) in [6.07, 6.45) is -3.16. The number of carbonyl (C=O) groups excluding carboxylic acids is 1. The Morgan fingerprint density at radius 1 is 1.08 bits per heavy atom. The molecule has 0 spiro atoms. The van der Waals surface area contributed by atoms with E-state index < -0.39 is 17.8 Å². The Bertz CT molecular complexity index is 1240. The van der Waals surface area contributed by atoms with Gasteiger partial charge in [-0.15, -0.1) is 10.2 Å². The average Bonchev–Trinajstić information content (AvgIpc) is 3.52. The van der Waals surface area contributed by atoms with Crippen LogP contribution in [0.3, 0.4) is 0 Å². The molecule has 2 aromatic carbocycles. The van der Waals surface area contributed by atoms with Crippen LogP contribution in [-0.2, 0) is 11.3 Å². The van der Waals surface area contributed by atoms with E-state index in [1.165, 1.54) is 0 Å². The van der Waals surface area contributed by atoms with Crippen molar-refractivity contribution in [2.24, 2.45) is 5.92 Å². The van der Waals surface area contributed by atoms with E-state index in [0.717, 1.165) is 27.2 Å². The van der Waals surface area contributed by atoms with Crippen LogP contribution in [-0.4, -0.2) is 49.2 Å². The second kappa shape index (κ2) is 11.1. The van der Waals surface area contributed by atoms with Crippen LogP contribution in [0.4, 0.5) is 13.2 Å². The highest BCUT2D eigenvalue weighted by Gasteiger charge is 2.47. The molecule has 7 nitrogen and oxygen atoms in total. The van der Waals surface area contributed by atoms with Crippen molar-refractivity contribution < 1.29 is 18.0 Å². The normalized spacial score (nSPS) is 14.2. The second-order valence-electron chi connectivity index (χ2n) is 9.61. The molecule has 1 N–H and O–H groups in total. The monoisotopic (exact) mass is 512 g/mol.